The topological polar surface area (TPSA) is 237 Å². The summed E-state index contributed by atoms with van der Waals surface area (Å²) < 4.78 is 68.8. The lowest BCUT2D eigenvalue weighted by Gasteiger charge is -2.21. The largest absolute Gasteiger partial charge is 0.472 e. The lowest BCUT2D eigenvalue weighted by molar-refractivity contribution is -0.161. The maximum absolute atomic E-state index is 13.1. The molecule has 0 aliphatic rings. The van der Waals surface area contributed by atoms with Gasteiger partial charge in [-0.2, -0.15) is 0 Å². The molecule has 0 heterocycles. The second-order valence-corrected chi connectivity index (χ2v) is 33.7. The minimum absolute atomic E-state index is 0.108. The number of phosphoric acid groups is 2. The SMILES string of the molecule is CCCCCCCCCCCCCCC(=O)O[C@H](COC(=O)CCCCCCCCCCCCC)COP(=O)(O)OC[C@H](O)COP(=O)(O)OC[C@@H](COC(=O)CCCCCCCCCCCCCCCCCC(C)C)OC(=O)CCCCCCCCCCCCCCCCCCCCC(C)C. The standard InChI is InChI=1S/C83H162O17P2/c1-7-9-11-13-15-17-19-36-43-49-55-61-67-82(87)99-78(71-93-80(85)65-59-53-47-41-33-18-16-14-12-10-8-2)73-97-101(89,90)95-69-77(84)70-96-102(91,92)98-74-79(72-94-81(86)66-60-54-48-42-37-31-28-24-26-30-35-40-46-52-58-64-76(5)6)100-83(88)68-62-56-50-44-38-32-27-23-21-20-22-25-29-34-39-45-51-57-63-75(3)4/h75-79,84H,7-74H2,1-6H3,(H,89,90)(H,91,92)/t77-,78+,79+/m0/s1. The molecule has 0 saturated heterocycles. The molecule has 0 spiro atoms. The van der Waals surface area contributed by atoms with Crippen molar-refractivity contribution < 1.29 is 80.2 Å². The number of ether oxygens (including phenoxy) is 4. The van der Waals surface area contributed by atoms with Crippen LogP contribution in [-0.2, 0) is 65.4 Å². The van der Waals surface area contributed by atoms with Crippen molar-refractivity contribution in [1.82, 2.24) is 0 Å². The van der Waals surface area contributed by atoms with Crippen molar-refractivity contribution in [3.8, 4) is 0 Å². The summed E-state index contributed by atoms with van der Waals surface area (Å²) in [6.45, 7) is 9.71. The molecule has 0 aromatic carbocycles. The Balaban J connectivity index is 5.22. The third kappa shape index (κ3) is 76.3. The lowest BCUT2D eigenvalue weighted by Crippen LogP contribution is -2.30. The van der Waals surface area contributed by atoms with Crippen LogP contribution >= 0.6 is 15.6 Å². The number of carbonyl (C=O) groups is 4. The Morgan fingerprint density at radius 2 is 0.451 bits per heavy atom. The molecule has 0 saturated carbocycles. The van der Waals surface area contributed by atoms with Crippen LogP contribution in [0.25, 0.3) is 0 Å². The Hall–Kier alpha value is -1.94. The van der Waals surface area contributed by atoms with Gasteiger partial charge in [0.15, 0.2) is 12.2 Å². The van der Waals surface area contributed by atoms with Gasteiger partial charge in [-0.25, -0.2) is 9.13 Å². The van der Waals surface area contributed by atoms with E-state index in [2.05, 4.69) is 41.5 Å². The number of unbranched alkanes of at least 4 members (excludes halogenated alkanes) is 52. The molecule has 0 aliphatic heterocycles. The lowest BCUT2D eigenvalue weighted by atomic mass is 10.0. The Labute approximate surface area is 626 Å². The summed E-state index contributed by atoms with van der Waals surface area (Å²) in [4.78, 5) is 73.1. The number of esters is 4. The van der Waals surface area contributed by atoms with Crippen LogP contribution in [0.15, 0.2) is 0 Å². The molecule has 0 radical (unpaired) electrons. The van der Waals surface area contributed by atoms with Crippen LogP contribution in [-0.4, -0.2) is 96.7 Å². The number of hydrogen-bond acceptors (Lipinski definition) is 15. The number of rotatable bonds is 82. The van der Waals surface area contributed by atoms with Crippen LogP contribution in [0, 0.1) is 11.8 Å². The molecule has 0 aromatic rings. The summed E-state index contributed by atoms with van der Waals surface area (Å²) in [7, 11) is -9.92. The molecule has 3 N–H and O–H groups in total. The number of phosphoric ester groups is 2. The molecule has 606 valence electrons. The summed E-state index contributed by atoms with van der Waals surface area (Å²) in [5.41, 5.74) is 0. The molecule has 2 unspecified atom stereocenters. The minimum Gasteiger partial charge on any atom is -0.462 e. The van der Waals surface area contributed by atoms with E-state index >= 15 is 0 Å². The van der Waals surface area contributed by atoms with Crippen LogP contribution in [0.5, 0.6) is 0 Å². The van der Waals surface area contributed by atoms with E-state index in [1.807, 2.05) is 0 Å². The van der Waals surface area contributed by atoms with Crippen LogP contribution in [0.3, 0.4) is 0 Å². The normalized spacial score (nSPS) is 13.9. The van der Waals surface area contributed by atoms with Gasteiger partial charge in [-0.3, -0.25) is 37.3 Å². The fraction of sp³-hybridized carbons (Fsp3) is 0.952. The number of carbonyl (C=O) groups excluding carboxylic acids is 4. The van der Waals surface area contributed by atoms with Gasteiger partial charge in [0.05, 0.1) is 26.4 Å². The third-order valence-corrected chi connectivity index (χ3v) is 21.4. The van der Waals surface area contributed by atoms with Crippen molar-refractivity contribution in [2.24, 2.45) is 11.8 Å². The van der Waals surface area contributed by atoms with Gasteiger partial charge in [0.1, 0.15) is 19.3 Å². The number of aliphatic hydroxyl groups is 1. The molecule has 0 amide bonds. The fourth-order valence-corrected chi connectivity index (χ4v) is 14.5. The van der Waals surface area contributed by atoms with E-state index in [0.29, 0.717) is 25.7 Å². The first kappa shape index (κ1) is 100. The van der Waals surface area contributed by atoms with Crippen molar-refractivity contribution in [2.45, 2.75) is 458 Å². The van der Waals surface area contributed by atoms with Crippen LogP contribution in [0.2, 0.25) is 0 Å². The monoisotopic (exact) mass is 1490 g/mol. The molecule has 5 atom stereocenters. The fourth-order valence-electron chi connectivity index (χ4n) is 12.9. The van der Waals surface area contributed by atoms with Gasteiger partial charge in [0, 0.05) is 25.7 Å². The highest BCUT2D eigenvalue weighted by Gasteiger charge is 2.30. The summed E-state index contributed by atoms with van der Waals surface area (Å²) in [5, 5.41) is 10.6. The first-order valence-corrected chi connectivity index (χ1v) is 46.0. The van der Waals surface area contributed by atoms with Crippen molar-refractivity contribution in [2.75, 3.05) is 39.6 Å². The predicted octanol–water partition coefficient (Wildman–Crippen LogP) is 25.1. The van der Waals surface area contributed by atoms with Crippen molar-refractivity contribution in [3.05, 3.63) is 0 Å². The third-order valence-electron chi connectivity index (χ3n) is 19.5. The van der Waals surface area contributed by atoms with E-state index < -0.39 is 97.5 Å². The zero-order chi connectivity index (χ0) is 74.9. The van der Waals surface area contributed by atoms with Gasteiger partial charge in [0.2, 0.25) is 0 Å². The first-order chi connectivity index (χ1) is 49.4. The van der Waals surface area contributed by atoms with Crippen molar-refractivity contribution in [3.63, 3.8) is 0 Å². The van der Waals surface area contributed by atoms with Crippen LogP contribution < -0.4 is 0 Å². The van der Waals surface area contributed by atoms with E-state index in [1.165, 1.54) is 257 Å². The van der Waals surface area contributed by atoms with E-state index in [1.54, 1.807) is 0 Å². The summed E-state index contributed by atoms with van der Waals surface area (Å²) in [6.07, 6.45) is 65.2. The molecule has 0 aromatic heterocycles. The average Bonchev–Trinajstić information content (AvgIpc) is 0.915. The zero-order valence-electron chi connectivity index (χ0n) is 66.9. The zero-order valence-corrected chi connectivity index (χ0v) is 68.7. The van der Waals surface area contributed by atoms with Gasteiger partial charge in [0.25, 0.3) is 0 Å². The smallest absolute Gasteiger partial charge is 0.462 e. The maximum Gasteiger partial charge on any atom is 0.472 e. The molecule has 0 rings (SSSR count). The maximum atomic E-state index is 13.1. The van der Waals surface area contributed by atoms with Gasteiger partial charge in [-0.1, -0.05) is 388 Å². The second kappa shape index (κ2) is 74.5. The molecular weight excluding hydrogens is 1330 g/mol. The van der Waals surface area contributed by atoms with E-state index in [-0.39, 0.29) is 25.7 Å². The Kier molecular flexibility index (Phi) is 73.1. The van der Waals surface area contributed by atoms with Crippen LogP contribution in [0.1, 0.15) is 440 Å². The van der Waals surface area contributed by atoms with Gasteiger partial charge < -0.3 is 33.8 Å². The summed E-state index contributed by atoms with van der Waals surface area (Å²) in [5.74, 6) is -0.478. The predicted molar refractivity (Wildman–Crippen MR) is 418 cm³/mol. The van der Waals surface area contributed by atoms with Crippen molar-refractivity contribution in [1.29, 1.82) is 0 Å². The Morgan fingerprint density at radius 3 is 0.667 bits per heavy atom. The Morgan fingerprint density at radius 1 is 0.265 bits per heavy atom. The van der Waals surface area contributed by atoms with Gasteiger partial charge in [-0.05, 0) is 37.5 Å². The molecule has 0 bridgehead atoms. The molecule has 19 heteroatoms. The number of hydrogen-bond donors (Lipinski definition) is 3. The van der Waals surface area contributed by atoms with E-state index in [9.17, 15) is 43.2 Å². The number of aliphatic hydroxyl groups excluding tert-OH is 1. The summed E-state index contributed by atoms with van der Waals surface area (Å²) in [6, 6.07) is 0. The van der Waals surface area contributed by atoms with Gasteiger partial charge in [-0.15, -0.1) is 0 Å². The molecule has 17 nitrogen and oxygen atoms in total. The van der Waals surface area contributed by atoms with E-state index in [4.69, 9.17) is 37.0 Å². The molecule has 0 aliphatic carbocycles. The van der Waals surface area contributed by atoms with Crippen LogP contribution in [0.4, 0.5) is 0 Å². The highest BCUT2D eigenvalue weighted by atomic mass is 31.2. The van der Waals surface area contributed by atoms with Crippen molar-refractivity contribution >= 4 is 39.5 Å². The molecule has 102 heavy (non-hydrogen) atoms. The first-order valence-electron chi connectivity index (χ1n) is 43.0. The molecular formula is C83H162O17P2. The average molecular weight is 1490 g/mol. The minimum atomic E-state index is -4.96. The van der Waals surface area contributed by atoms with E-state index in [0.717, 1.165) is 102 Å². The molecule has 0 fully saturated rings. The Bertz CT molecular complexity index is 1960. The quantitative estimate of drug-likeness (QED) is 0.0222. The summed E-state index contributed by atoms with van der Waals surface area (Å²) >= 11 is 0. The van der Waals surface area contributed by atoms with Gasteiger partial charge >= 0.3 is 39.5 Å². The highest BCUT2D eigenvalue weighted by Crippen LogP contribution is 2.45. The second-order valence-electron chi connectivity index (χ2n) is 30.8. The highest BCUT2D eigenvalue weighted by molar-refractivity contribution is 7.47.